The molecule has 3 rings (SSSR count). The van der Waals surface area contributed by atoms with Gasteiger partial charge in [0.15, 0.2) is 4.77 Å². The van der Waals surface area contributed by atoms with Crippen LogP contribution in [-0.4, -0.2) is 19.3 Å². The lowest BCUT2D eigenvalue weighted by Crippen LogP contribution is -2.01. The van der Waals surface area contributed by atoms with Crippen LogP contribution in [-0.2, 0) is 13.6 Å². The standard InChI is InChI=1S/C12H10BrFN4S/c1-17-3-2-7(16-17)6-18-11-5-9(14)8(13)4-10(11)15-12(18)19/h2-5H,6H2,1H3,(H,15,19). The largest absolute Gasteiger partial charge is 0.331 e. The molecule has 1 N–H and O–H groups in total. The molecule has 0 saturated heterocycles. The Bertz CT molecular complexity index is 817. The van der Waals surface area contributed by atoms with Gasteiger partial charge in [-0.3, -0.25) is 4.68 Å². The number of hydrogen-bond acceptors (Lipinski definition) is 2. The minimum Gasteiger partial charge on any atom is -0.331 e. The van der Waals surface area contributed by atoms with E-state index < -0.39 is 0 Å². The molecule has 0 fully saturated rings. The van der Waals surface area contributed by atoms with Crippen LogP contribution in [0, 0.1) is 10.6 Å². The zero-order valence-electron chi connectivity index (χ0n) is 10.0. The summed E-state index contributed by atoms with van der Waals surface area (Å²) in [5.74, 6) is -0.309. The Hall–Kier alpha value is -1.47. The number of halogens is 2. The quantitative estimate of drug-likeness (QED) is 0.726. The van der Waals surface area contributed by atoms with Gasteiger partial charge in [-0.05, 0) is 40.3 Å². The van der Waals surface area contributed by atoms with Gasteiger partial charge in [-0.25, -0.2) is 4.39 Å². The van der Waals surface area contributed by atoms with E-state index in [9.17, 15) is 4.39 Å². The van der Waals surface area contributed by atoms with Crippen LogP contribution >= 0.6 is 28.1 Å². The Morgan fingerprint density at radius 2 is 2.26 bits per heavy atom. The third-order valence-corrected chi connectivity index (χ3v) is 3.84. The Morgan fingerprint density at radius 3 is 2.95 bits per heavy atom. The van der Waals surface area contributed by atoms with E-state index in [0.717, 1.165) is 16.7 Å². The molecule has 98 valence electrons. The number of aryl methyl sites for hydroxylation is 1. The number of nitrogens with one attached hydrogen (secondary N) is 1. The van der Waals surface area contributed by atoms with Gasteiger partial charge in [0.05, 0.1) is 27.7 Å². The molecule has 2 heterocycles. The summed E-state index contributed by atoms with van der Waals surface area (Å²) in [5, 5.41) is 4.31. The van der Waals surface area contributed by atoms with Crippen LogP contribution in [0.25, 0.3) is 11.0 Å². The minimum atomic E-state index is -0.309. The number of benzene rings is 1. The fourth-order valence-corrected chi connectivity index (χ4v) is 2.63. The van der Waals surface area contributed by atoms with Crippen molar-refractivity contribution in [3.05, 3.63) is 45.2 Å². The van der Waals surface area contributed by atoms with Crippen molar-refractivity contribution >= 4 is 39.2 Å². The van der Waals surface area contributed by atoms with Crippen LogP contribution in [0.1, 0.15) is 5.69 Å². The molecule has 1 aromatic carbocycles. The zero-order chi connectivity index (χ0) is 13.6. The first kappa shape index (κ1) is 12.6. The molecule has 0 aliphatic carbocycles. The molecule has 0 radical (unpaired) electrons. The molecular formula is C12H10BrFN4S. The summed E-state index contributed by atoms with van der Waals surface area (Å²) in [6, 6.07) is 5.07. The second-order valence-corrected chi connectivity index (χ2v) is 5.52. The number of fused-ring (bicyclic) bond motifs is 1. The smallest absolute Gasteiger partial charge is 0.178 e. The van der Waals surface area contributed by atoms with E-state index in [4.69, 9.17) is 12.2 Å². The lowest BCUT2D eigenvalue weighted by Gasteiger charge is -2.02. The van der Waals surface area contributed by atoms with Gasteiger partial charge >= 0.3 is 0 Å². The van der Waals surface area contributed by atoms with Crippen LogP contribution in [0.2, 0.25) is 0 Å². The normalized spacial score (nSPS) is 11.3. The Balaban J connectivity index is 2.15. The van der Waals surface area contributed by atoms with Crippen molar-refractivity contribution in [2.75, 3.05) is 0 Å². The van der Waals surface area contributed by atoms with Gasteiger partial charge < -0.3 is 9.55 Å². The summed E-state index contributed by atoms with van der Waals surface area (Å²) >= 11 is 8.45. The Labute approximate surface area is 122 Å². The molecule has 0 amide bonds. The number of imidazole rings is 1. The third kappa shape index (κ3) is 2.23. The lowest BCUT2D eigenvalue weighted by molar-refractivity contribution is 0.621. The van der Waals surface area contributed by atoms with E-state index in [1.807, 2.05) is 23.9 Å². The predicted octanol–water partition coefficient (Wildman–Crippen LogP) is 3.38. The summed E-state index contributed by atoms with van der Waals surface area (Å²) < 4.78 is 18.2. The summed E-state index contributed by atoms with van der Waals surface area (Å²) in [4.78, 5) is 3.07. The van der Waals surface area contributed by atoms with E-state index in [1.54, 1.807) is 10.7 Å². The first-order valence-corrected chi connectivity index (χ1v) is 6.81. The summed E-state index contributed by atoms with van der Waals surface area (Å²) in [6.07, 6.45) is 1.87. The monoisotopic (exact) mass is 340 g/mol. The SMILES string of the molecule is Cn1ccc(Cn2c(=S)[nH]c3cc(Br)c(F)cc32)n1. The molecule has 7 heteroatoms. The van der Waals surface area contributed by atoms with Gasteiger partial charge in [0.25, 0.3) is 0 Å². The van der Waals surface area contributed by atoms with Crippen LogP contribution in [0.4, 0.5) is 4.39 Å². The van der Waals surface area contributed by atoms with Crippen LogP contribution in [0.15, 0.2) is 28.9 Å². The number of aromatic nitrogens is 4. The molecule has 19 heavy (non-hydrogen) atoms. The summed E-state index contributed by atoms with van der Waals surface area (Å²) in [6.45, 7) is 0.515. The molecule has 2 aromatic heterocycles. The van der Waals surface area contributed by atoms with Crippen molar-refractivity contribution in [3.8, 4) is 0 Å². The van der Waals surface area contributed by atoms with Crippen LogP contribution < -0.4 is 0 Å². The highest BCUT2D eigenvalue weighted by atomic mass is 79.9. The average molecular weight is 341 g/mol. The van der Waals surface area contributed by atoms with E-state index in [1.165, 1.54) is 6.07 Å². The first-order valence-electron chi connectivity index (χ1n) is 5.60. The molecule has 3 aromatic rings. The number of hydrogen-bond donors (Lipinski definition) is 1. The van der Waals surface area contributed by atoms with Crippen molar-refractivity contribution in [2.24, 2.45) is 7.05 Å². The third-order valence-electron chi connectivity index (χ3n) is 2.91. The minimum absolute atomic E-state index is 0.309. The second kappa shape index (κ2) is 4.57. The van der Waals surface area contributed by atoms with Gasteiger partial charge in [0.1, 0.15) is 5.82 Å². The van der Waals surface area contributed by atoms with Gasteiger partial charge in [-0.15, -0.1) is 0 Å². The number of H-pyrrole nitrogens is 1. The van der Waals surface area contributed by atoms with Crippen LogP contribution in [0.5, 0.6) is 0 Å². The molecule has 0 spiro atoms. The maximum absolute atomic E-state index is 13.7. The topological polar surface area (TPSA) is 38.5 Å². The maximum atomic E-state index is 13.7. The molecule has 0 saturated carbocycles. The number of rotatable bonds is 2. The van der Waals surface area contributed by atoms with E-state index in [2.05, 4.69) is 26.0 Å². The summed E-state index contributed by atoms with van der Waals surface area (Å²) in [5.41, 5.74) is 2.41. The van der Waals surface area contributed by atoms with Crippen molar-refractivity contribution in [1.82, 2.24) is 19.3 Å². The van der Waals surface area contributed by atoms with Crippen LogP contribution in [0.3, 0.4) is 0 Å². The second-order valence-electron chi connectivity index (χ2n) is 4.28. The van der Waals surface area contributed by atoms with Crippen molar-refractivity contribution in [2.45, 2.75) is 6.54 Å². The number of nitrogens with zero attached hydrogens (tertiary/aromatic N) is 3. The fraction of sp³-hybridized carbons (Fsp3) is 0.167. The molecule has 0 unspecified atom stereocenters. The molecular weight excluding hydrogens is 331 g/mol. The summed E-state index contributed by atoms with van der Waals surface area (Å²) in [7, 11) is 1.86. The highest BCUT2D eigenvalue weighted by Crippen LogP contribution is 2.23. The highest BCUT2D eigenvalue weighted by Gasteiger charge is 2.10. The molecule has 0 atom stereocenters. The lowest BCUT2D eigenvalue weighted by atomic mass is 10.3. The molecule has 4 nitrogen and oxygen atoms in total. The van der Waals surface area contributed by atoms with Gasteiger partial charge in [0.2, 0.25) is 0 Å². The van der Waals surface area contributed by atoms with E-state index in [0.29, 0.717) is 15.8 Å². The maximum Gasteiger partial charge on any atom is 0.178 e. The number of aromatic amines is 1. The van der Waals surface area contributed by atoms with E-state index in [-0.39, 0.29) is 5.82 Å². The van der Waals surface area contributed by atoms with Crippen molar-refractivity contribution in [3.63, 3.8) is 0 Å². The zero-order valence-corrected chi connectivity index (χ0v) is 12.4. The first-order chi connectivity index (χ1) is 9.04. The Morgan fingerprint density at radius 1 is 1.47 bits per heavy atom. The van der Waals surface area contributed by atoms with Gasteiger partial charge in [-0.2, -0.15) is 5.10 Å². The molecule has 0 aliphatic heterocycles. The van der Waals surface area contributed by atoms with E-state index >= 15 is 0 Å². The molecule has 0 bridgehead atoms. The highest BCUT2D eigenvalue weighted by molar-refractivity contribution is 9.10. The fourth-order valence-electron chi connectivity index (χ4n) is 2.02. The Kier molecular flexibility index (Phi) is 3.02. The van der Waals surface area contributed by atoms with Gasteiger partial charge in [0, 0.05) is 19.3 Å². The predicted molar refractivity (Wildman–Crippen MR) is 77.1 cm³/mol. The molecule has 0 aliphatic rings. The average Bonchev–Trinajstić information content (AvgIpc) is 2.87. The van der Waals surface area contributed by atoms with Crippen molar-refractivity contribution < 1.29 is 4.39 Å². The van der Waals surface area contributed by atoms with Gasteiger partial charge in [-0.1, -0.05) is 0 Å². The van der Waals surface area contributed by atoms with Crippen molar-refractivity contribution in [1.29, 1.82) is 0 Å².